The van der Waals surface area contributed by atoms with Gasteiger partial charge in [-0.1, -0.05) is 11.6 Å². The van der Waals surface area contributed by atoms with Gasteiger partial charge in [-0.25, -0.2) is 4.79 Å². The third-order valence-electron chi connectivity index (χ3n) is 4.18. The number of amides is 1. The summed E-state index contributed by atoms with van der Waals surface area (Å²) in [6.45, 7) is 3.83. The number of anilines is 1. The van der Waals surface area contributed by atoms with E-state index in [1.807, 2.05) is 38.1 Å². The lowest BCUT2D eigenvalue weighted by molar-refractivity contribution is 0.102. The first-order valence-corrected chi connectivity index (χ1v) is 7.91. The van der Waals surface area contributed by atoms with Crippen molar-refractivity contribution in [2.24, 2.45) is 0 Å². The molecule has 0 spiro atoms. The van der Waals surface area contributed by atoms with Gasteiger partial charge in [-0.05, 0) is 50.2 Å². The fourth-order valence-corrected chi connectivity index (χ4v) is 2.93. The van der Waals surface area contributed by atoms with Crippen LogP contribution < -0.4 is 11.0 Å². The number of benzene rings is 2. The topological polar surface area (TPSA) is 90.6 Å². The molecule has 6 heteroatoms. The Hall–Kier alpha value is -3.41. The summed E-state index contributed by atoms with van der Waals surface area (Å²) in [5.74, 6) is -0.231. The summed E-state index contributed by atoms with van der Waals surface area (Å²) in [6.07, 6.45) is 0. The summed E-state index contributed by atoms with van der Waals surface area (Å²) in [5.41, 5.74) is 4.86. The monoisotopic (exact) mass is 332 g/mol. The predicted octanol–water partition coefficient (Wildman–Crippen LogP) is 3.27. The molecule has 0 saturated heterocycles. The Kier molecular flexibility index (Phi) is 3.39. The molecule has 0 aliphatic carbocycles. The number of imidazole rings is 1. The third-order valence-corrected chi connectivity index (χ3v) is 4.18. The molecule has 0 fully saturated rings. The predicted molar refractivity (Wildman–Crippen MR) is 98.1 cm³/mol. The zero-order valence-corrected chi connectivity index (χ0v) is 13.8. The van der Waals surface area contributed by atoms with Crippen molar-refractivity contribution < 1.29 is 4.79 Å². The Bertz CT molecular complexity index is 1190. The molecule has 0 bridgehead atoms. The number of fused-ring (bicyclic) bond motifs is 2. The van der Waals surface area contributed by atoms with E-state index < -0.39 is 0 Å². The number of pyridine rings is 1. The van der Waals surface area contributed by atoms with Crippen LogP contribution in [0.25, 0.3) is 21.9 Å². The summed E-state index contributed by atoms with van der Waals surface area (Å²) < 4.78 is 0. The molecule has 2 aromatic heterocycles. The van der Waals surface area contributed by atoms with Crippen LogP contribution in [0.15, 0.2) is 47.3 Å². The van der Waals surface area contributed by atoms with Crippen molar-refractivity contribution in [3.05, 3.63) is 69.8 Å². The Morgan fingerprint density at radius 3 is 2.64 bits per heavy atom. The smallest absolute Gasteiger partial charge is 0.322 e. The summed E-state index contributed by atoms with van der Waals surface area (Å²) in [5, 5.41) is 3.80. The third kappa shape index (κ3) is 2.78. The number of rotatable bonds is 2. The number of carbonyl (C=O) groups is 1. The molecule has 2 heterocycles. The van der Waals surface area contributed by atoms with Gasteiger partial charge in [0.25, 0.3) is 5.91 Å². The second-order valence-corrected chi connectivity index (χ2v) is 6.11. The maximum absolute atomic E-state index is 12.7. The molecule has 25 heavy (non-hydrogen) atoms. The molecule has 6 nitrogen and oxygen atoms in total. The normalized spacial score (nSPS) is 11.1. The van der Waals surface area contributed by atoms with Gasteiger partial charge in [-0.2, -0.15) is 0 Å². The van der Waals surface area contributed by atoms with Gasteiger partial charge in [0.15, 0.2) is 0 Å². The Morgan fingerprint density at radius 2 is 1.80 bits per heavy atom. The average Bonchev–Trinajstić information content (AvgIpc) is 2.93. The molecule has 0 aliphatic rings. The standard InChI is InChI=1S/C19H16N4O2/c1-10-3-5-15-12(7-10)8-14(11(2)20-15)18(24)21-13-4-6-16-17(9-13)23-19(25)22-16/h3-9H,1-2H3,(H,21,24)(H2,22,23,25). The minimum atomic E-state index is -0.275. The number of hydrogen-bond donors (Lipinski definition) is 3. The fraction of sp³-hybridized carbons (Fsp3) is 0.105. The molecular weight excluding hydrogens is 316 g/mol. The van der Waals surface area contributed by atoms with Crippen LogP contribution in [-0.2, 0) is 0 Å². The summed E-state index contributed by atoms with van der Waals surface area (Å²) in [4.78, 5) is 33.9. The summed E-state index contributed by atoms with van der Waals surface area (Å²) in [6, 6.07) is 13.0. The minimum absolute atomic E-state index is 0.231. The Labute approximate surface area is 142 Å². The van der Waals surface area contributed by atoms with Crippen molar-refractivity contribution in [3.8, 4) is 0 Å². The number of aromatic nitrogens is 3. The first-order chi connectivity index (χ1) is 12.0. The van der Waals surface area contributed by atoms with Crippen LogP contribution in [0.1, 0.15) is 21.6 Å². The maximum Gasteiger partial charge on any atom is 0.323 e. The molecule has 124 valence electrons. The number of aryl methyl sites for hydroxylation is 2. The van der Waals surface area contributed by atoms with Crippen LogP contribution in [0, 0.1) is 13.8 Å². The van der Waals surface area contributed by atoms with Gasteiger partial charge in [-0.3, -0.25) is 9.78 Å². The number of carbonyl (C=O) groups excluding carboxylic acids is 1. The molecule has 0 aliphatic heterocycles. The molecule has 4 aromatic rings. The van der Waals surface area contributed by atoms with Gasteiger partial charge in [0.1, 0.15) is 0 Å². The Balaban J connectivity index is 1.70. The van der Waals surface area contributed by atoms with Crippen molar-refractivity contribution in [1.29, 1.82) is 0 Å². The lowest BCUT2D eigenvalue weighted by Crippen LogP contribution is -2.14. The SMILES string of the molecule is Cc1ccc2nc(C)c(C(=O)Nc3ccc4[nH]c(=O)[nH]c4c3)cc2c1. The van der Waals surface area contributed by atoms with Crippen molar-refractivity contribution in [1.82, 2.24) is 15.0 Å². The molecule has 0 atom stereocenters. The van der Waals surface area contributed by atoms with E-state index in [1.165, 1.54) is 0 Å². The highest BCUT2D eigenvalue weighted by atomic mass is 16.2. The van der Waals surface area contributed by atoms with Gasteiger partial charge in [0, 0.05) is 11.1 Å². The van der Waals surface area contributed by atoms with Gasteiger partial charge in [0.05, 0.1) is 27.8 Å². The number of nitrogens with zero attached hydrogens (tertiary/aromatic N) is 1. The van der Waals surface area contributed by atoms with Crippen LogP contribution in [0.2, 0.25) is 0 Å². The van der Waals surface area contributed by atoms with Gasteiger partial charge in [0.2, 0.25) is 0 Å². The second-order valence-electron chi connectivity index (χ2n) is 6.11. The van der Waals surface area contributed by atoms with Crippen molar-refractivity contribution in [2.75, 3.05) is 5.32 Å². The number of hydrogen-bond acceptors (Lipinski definition) is 3. The fourth-order valence-electron chi connectivity index (χ4n) is 2.93. The van der Waals surface area contributed by atoms with Crippen LogP contribution in [0.3, 0.4) is 0 Å². The van der Waals surface area contributed by atoms with Crippen LogP contribution in [0.4, 0.5) is 5.69 Å². The average molecular weight is 332 g/mol. The molecular formula is C19H16N4O2. The van der Waals surface area contributed by atoms with Gasteiger partial charge < -0.3 is 15.3 Å². The minimum Gasteiger partial charge on any atom is -0.322 e. The molecule has 3 N–H and O–H groups in total. The highest BCUT2D eigenvalue weighted by Gasteiger charge is 2.12. The lowest BCUT2D eigenvalue weighted by atomic mass is 10.1. The molecule has 0 unspecified atom stereocenters. The number of aromatic amines is 2. The highest BCUT2D eigenvalue weighted by Crippen LogP contribution is 2.20. The van der Waals surface area contributed by atoms with E-state index in [4.69, 9.17) is 0 Å². The Morgan fingerprint density at radius 1 is 1.00 bits per heavy atom. The van der Waals surface area contributed by atoms with E-state index in [-0.39, 0.29) is 11.6 Å². The van der Waals surface area contributed by atoms with Crippen molar-refractivity contribution in [2.45, 2.75) is 13.8 Å². The molecule has 2 aromatic carbocycles. The zero-order chi connectivity index (χ0) is 17.6. The first-order valence-electron chi connectivity index (χ1n) is 7.91. The quantitative estimate of drug-likeness (QED) is 0.526. The van der Waals surface area contributed by atoms with Crippen LogP contribution in [-0.4, -0.2) is 20.9 Å². The summed E-state index contributed by atoms with van der Waals surface area (Å²) in [7, 11) is 0. The molecule has 0 saturated carbocycles. The zero-order valence-electron chi connectivity index (χ0n) is 13.8. The van der Waals surface area contributed by atoms with E-state index in [9.17, 15) is 9.59 Å². The molecule has 1 amide bonds. The largest absolute Gasteiger partial charge is 0.323 e. The van der Waals surface area contributed by atoms with E-state index in [0.717, 1.165) is 16.5 Å². The van der Waals surface area contributed by atoms with Gasteiger partial charge >= 0.3 is 5.69 Å². The lowest BCUT2D eigenvalue weighted by Gasteiger charge is -2.09. The van der Waals surface area contributed by atoms with E-state index >= 15 is 0 Å². The molecule has 0 radical (unpaired) electrons. The summed E-state index contributed by atoms with van der Waals surface area (Å²) >= 11 is 0. The van der Waals surface area contributed by atoms with Crippen molar-refractivity contribution in [3.63, 3.8) is 0 Å². The van der Waals surface area contributed by atoms with E-state index in [2.05, 4.69) is 20.3 Å². The second kappa shape index (κ2) is 5.59. The van der Waals surface area contributed by atoms with Gasteiger partial charge in [-0.15, -0.1) is 0 Å². The van der Waals surface area contributed by atoms with Crippen molar-refractivity contribution >= 4 is 33.5 Å². The van der Waals surface area contributed by atoms with E-state index in [1.54, 1.807) is 18.2 Å². The number of nitrogens with one attached hydrogen (secondary N) is 3. The maximum atomic E-state index is 12.7. The highest BCUT2D eigenvalue weighted by molar-refractivity contribution is 6.07. The molecule has 4 rings (SSSR count). The van der Waals surface area contributed by atoms with Crippen LogP contribution >= 0.6 is 0 Å². The number of H-pyrrole nitrogens is 2. The van der Waals surface area contributed by atoms with E-state index in [0.29, 0.717) is 28.0 Å². The van der Waals surface area contributed by atoms with Crippen LogP contribution in [0.5, 0.6) is 0 Å². The first kappa shape index (κ1) is 15.1.